The monoisotopic (exact) mass is 438 g/mol. The summed E-state index contributed by atoms with van der Waals surface area (Å²) < 4.78 is 66.1. The number of hydrogen-bond acceptors (Lipinski definition) is 3. The molecule has 0 aliphatic rings. The molecule has 0 atom stereocenters. The van der Waals surface area contributed by atoms with Crippen molar-refractivity contribution in [3.05, 3.63) is 77.1 Å². The number of hydrogen-bond donors (Lipinski definition) is 2. The summed E-state index contributed by atoms with van der Waals surface area (Å²) >= 11 is 0. The highest BCUT2D eigenvalue weighted by Crippen LogP contribution is 2.22. The lowest BCUT2D eigenvalue weighted by Crippen LogP contribution is -2.33. The molecule has 0 unspecified atom stereocenters. The summed E-state index contributed by atoms with van der Waals surface area (Å²) in [4.78, 5) is 24.4. The summed E-state index contributed by atoms with van der Waals surface area (Å²) in [6.45, 7) is -0.267. The van der Waals surface area contributed by atoms with E-state index in [1.807, 2.05) is 0 Å². The molecule has 2 aromatic carbocycles. The predicted octanol–water partition coefficient (Wildman–Crippen LogP) is 4.00. The first kappa shape index (κ1) is 21.9. The summed E-state index contributed by atoms with van der Waals surface area (Å²) in [6.07, 6.45) is -3.28. The number of para-hydroxylation sites is 1. The van der Waals surface area contributed by atoms with Gasteiger partial charge in [-0.3, -0.25) is 9.59 Å². The Kier molecular flexibility index (Phi) is 6.04. The van der Waals surface area contributed by atoms with E-state index < -0.39 is 41.7 Å². The molecule has 0 saturated heterocycles. The molecule has 0 aliphatic heterocycles. The molecule has 0 fully saturated rings. The maximum Gasteiger partial charge on any atom is 0.405 e. The third kappa shape index (κ3) is 5.24. The number of alkyl halides is 3. The molecule has 2 amide bonds. The van der Waals surface area contributed by atoms with Crippen molar-refractivity contribution >= 4 is 17.5 Å². The molecule has 162 valence electrons. The van der Waals surface area contributed by atoms with Gasteiger partial charge in [0.25, 0.3) is 11.8 Å². The van der Waals surface area contributed by atoms with E-state index in [4.69, 9.17) is 0 Å². The lowest BCUT2D eigenvalue weighted by molar-refractivity contribution is -0.123. The van der Waals surface area contributed by atoms with E-state index >= 15 is 0 Å². The summed E-state index contributed by atoms with van der Waals surface area (Å²) in [5.41, 5.74) is -0.585. The molecule has 3 aromatic rings. The lowest BCUT2D eigenvalue weighted by Gasteiger charge is -2.12. The highest BCUT2D eigenvalue weighted by molar-refractivity contribution is 6.04. The smallest absolute Gasteiger partial charge is 0.343 e. The first-order valence-electron chi connectivity index (χ1n) is 8.82. The number of nitrogens with one attached hydrogen (secondary N) is 2. The van der Waals surface area contributed by atoms with Gasteiger partial charge in [-0.25, -0.2) is 13.5 Å². The molecule has 1 aromatic heterocycles. The first-order chi connectivity index (χ1) is 14.5. The quantitative estimate of drug-likeness (QED) is 0.592. The van der Waals surface area contributed by atoms with E-state index in [9.17, 15) is 31.5 Å². The second-order valence-corrected chi connectivity index (χ2v) is 6.48. The molecule has 0 bridgehead atoms. The molecule has 6 nitrogen and oxygen atoms in total. The first-order valence-corrected chi connectivity index (χ1v) is 8.82. The van der Waals surface area contributed by atoms with Crippen molar-refractivity contribution in [2.75, 3.05) is 11.9 Å². The standard InChI is InChI=1S/C20H15F5N4O2/c1-11-14(22)8-12(18(30)26-10-20(23,24)25)9-16(11)27-19(31)15-6-7-29(28-15)17-5-3-2-4-13(17)21/h2-9H,10H2,1H3,(H,26,30)(H,27,31). The molecule has 0 aliphatic carbocycles. The molecule has 3 rings (SSSR count). The van der Waals surface area contributed by atoms with E-state index in [1.165, 1.54) is 37.4 Å². The van der Waals surface area contributed by atoms with E-state index in [1.54, 1.807) is 11.4 Å². The van der Waals surface area contributed by atoms with Crippen LogP contribution in [0.3, 0.4) is 0 Å². The number of nitrogens with zero attached hydrogens (tertiary/aromatic N) is 2. The van der Waals surface area contributed by atoms with Gasteiger partial charge in [0.1, 0.15) is 23.9 Å². The van der Waals surface area contributed by atoms with Crippen LogP contribution in [0.4, 0.5) is 27.6 Å². The normalized spacial score (nSPS) is 11.3. The minimum atomic E-state index is -4.63. The van der Waals surface area contributed by atoms with Crippen LogP contribution in [0, 0.1) is 18.6 Å². The van der Waals surface area contributed by atoms with Crippen molar-refractivity contribution in [1.29, 1.82) is 0 Å². The fourth-order valence-corrected chi connectivity index (χ4v) is 2.63. The highest BCUT2D eigenvalue weighted by atomic mass is 19.4. The van der Waals surface area contributed by atoms with Crippen LogP contribution in [0.2, 0.25) is 0 Å². The maximum atomic E-state index is 14.2. The summed E-state index contributed by atoms with van der Waals surface area (Å²) in [5.74, 6) is -3.40. The second-order valence-electron chi connectivity index (χ2n) is 6.48. The second kappa shape index (κ2) is 8.54. The van der Waals surface area contributed by atoms with Crippen LogP contribution in [0.1, 0.15) is 26.4 Å². The lowest BCUT2D eigenvalue weighted by atomic mass is 10.1. The largest absolute Gasteiger partial charge is 0.405 e. The maximum absolute atomic E-state index is 14.2. The molecule has 11 heteroatoms. The third-order valence-electron chi connectivity index (χ3n) is 4.23. The average molecular weight is 438 g/mol. The van der Waals surface area contributed by atoms with E-state index in [-0.39, 0.29) is 22.6 Å². The molecular weight excluding hydrogens is 423 g/mol. The van der Waals surface area contributed by atoms with Crippen molar-refractivity contribution in [3.8, 4) is 5.69 Å². The molecule has 1 heterocycles. The Morgan fingerprint density at radius 3 is 2.42 bits per heavy atom. The van der Waals surface area contributed by atoms with Crippen molar-refractivity contribution < 1.29 is 31.5 Å². The fraction of sp³-hybridized carbons (Fsp3) is 0.150. The minimum Gasteiger partial charge on any atom is -0.343 e. The van der Waals surface area contributed by atoms with Gasteiger partial charge in [-0.05, 0) is 37.3 Å². The topological polar surface area (TPSA) is 76.0 Å². The van der Waals surface area contributed by atoms with E-state index in [2.05, 4.69) is 10.4 Å². The number of benzene rings is 2. The SMILES string of the molecule is Cc1c(F)cc(C(=O)NCC(F)(F)F)cc1NC(=O)c1ccn(-c2ccccc2F)n1. The van der Waals surface area contributed by atoms with Gasteiger partial charge in [0.2, 0.25) is 0 Å². The van der Waals surface area contributed by atoms with Crippen molar-refractivity contribution in [3.63, 3.8) is 0 Å². The number of carbonyl (C=O) groups excluding carboxylic acids is 2. The van der Waals surface area contributed by atoms with Crippen molar-refractivity contribution in [2.24, 2.45) is 0 Å². The molecule has 31 heavy (non-hydrogen) atoms. The third-order valence-corrected chi connectivity index (χ3v) is 4.23. The zero-order valence-corrected chi connectivity index (χ0v) is 15.9. The van der Waals surface area contributed by atoms with Gasteiger partial charge in [-0.2, -0.15) is 18.3 Å². The number of amides is 2. The van der Waals surface area contributed by atoms with Gasteiger partial charge in [-0.15, -0.1) is 0 Å². The molecule has 2 N–H and O–H groups in total. The molecule has 0 spiro atoms. The van der Waals surface area contributed by atoms with Crippen molar-refractivity contribution in [1.82, 2.24) is 15.1 Å². The van der Waals surface area contributed by atoms with Gasteiger partial charge in [0.15, 0.2) is 5.69 Å². The fourth-order valence-electron chi connectivity index (χ4n) is 2.63. The number of aromatic nitrogens is 2. The van der Waals surface area contributed by atoms with Crippen LogP contribution in [-0.2, 0) is 0 Å². The minimum absolute atomic E-state index is 0.0331. The van der Waals surface area contributed by atoms with Gasteiger partial charge < -0.3 is 10.6 Å². The number of halogens is 5. The average Bonchev–Trinajstić information content (AvgIpc) is 3.19. The molecule has 0 saturated carbocycles. The van der Waals surface area contributed by atoms with Crippen molar-refractivity contribution in [2.45, 2.75) is 13.1 Å². The Balaban J connectivity index is 1.81. The van der Waals surface area contributed by atoms with Gasteiger partial charge in [0.05, 0.1) is 0 Å². The van der Waals surface area contributed by atoms with E-state index in [0.717, 1.165) is 16.8 Å². The molecule has 0 radical (unpaired) electrons. The summed E-state index contributed by atoms with van der Waals surface area (Å²) in [5, 5.41) is 7.96. The Labute approximate surface area is 172 Å². The van der Waals surface area contributed by atoms with Crippen LogP contribution in [0.5, 0.6) is 0 Å². The zero-order chi connectivity index (χ0) is 22.8. The number of anilines is 1. The Morgan fingerprint density at radius 1 is 1.03 bits per heavy atom. The Morgan fingerprint density at radius 2 is 1.74 bits per heavy atom. The highest BCUT2D eigenvalue weighted by Gasteiger charge is 2.28. The van der Waals surface area contributed by atoms with Crippen LogP contribution < -0.4 is 10.6 Å². The van der Waals surface area contributed by atoms with Crippen LogP contribution >= 0.6 is 0 Å². The predicted molar refractivity (Wildman–Crippen MR) is 101 cm³/mol. The van der Waals surface area contributed by atoms with Gasteiger partial charge in [0, 0.05) is 23.0 Å². The zero-order valence-electron chi connectivity index (χ0n) is 15.9. The van der Waals surface area contributed by atoms with Crippen LogP contribution in [0.15, 0.2) is 48.7 Å². The van der Waals surface area contributed by atoms with Crippen LogP contribution in [0.25, 0.3) is 5.69 Å². The summed E-state index contributed by atoms with van der Waals surface area (Å²) in [6, 6.07) is 8.87. The number of rotatable bonds is 5. The Bertz CT molecular complexity index is 1140. The van der Waals surface area contributed by atoms with Gasteiger partial charge in [-0.1, -0.05) is 12.1 Å². The summed E-state index contributed by atoms with van der Waals surface area (Å²) in [7, 11) is 0. The number of carbonyl (C=O) groups is 2. The van der Waals surface area contributed by atoms with Crippen LogP contribution in [-0.4, -0.2) is 34.3 Å². The Hall–Kier alpha value is -3.76. The van der Waals surface area contributed by atoms with Gasteiger partial charge >= 0.3 is 6.18 Å². The van der Waals surface area contributed by atoms with E-state index in [0.29, 0.717) is 0 Å². The molecular formula is C20H15F5N4O2.